The topological polar surface area (TPSA) is 72.7 Å². The minimum atomic E-state index is -2.93. The van der Waals surface area contributed by atoms with E-state index in [0.29, 0.717) is 24.7 Å². The largest absolute Gasteiger partial charge is 0.490 e. The van der Waals surface area contributed by atoms with Crippen molar-refractivity contribution in [2.24, 2.45) is 12.0 Å². The summed E-state index contributed by atoms with van der Waals surface area (Å²) in [6.45, 7) is 4.16. The van der Waals surface area contributed by atoms with E-state index in [1.54, 1.807) is 32.2 Å². The number of guanidine groups is 1. The van der Waals surface area contributed by atoms with Crippen LogP contribution >= 0.6 is 24.0 Å². The van der Waals surface area contributed by atoms with E-state index in [4.69, 9.17) is 9.47 Å². The summed E-state index contributed by atoms with van der Waals surface area (Å²) < 4.78 is 37.7. The van der Waals surface area contributed by atoms with Gasteiger partial charge in [0.25, 0.3) is 0 Å². The molecule has 0 saturated carbocycles. The zero-order valence-electron chi connectivity index (χ0n) is 18.0. The zero-order valence-corrected chi connectivity index (χ0v) is 20.3. The molecule has 1 heterocycles. The third-order valence-corrected chi connectivity index (χ3v) is 4.56. The van der Waals surface area contributed by atoms with Crippen LogP contribution in [0.1, 0.15) is 29.4 Å². The molecule has 0 atom stereocenters. The van der Waals surface area contributed by atoms with E-state index < -0.39 is 6.61 Å². The number of hydrogen-bond acceptors (Lipinski definition) is 4. The smallest absolute Gasteiger partial charge is 0.387 e. The summed E-state index contributed by atoms with van der Waals surface area (Å²) in [6, 6.07) is 5.06. The van der Waals surface area contributed by atoms with Crippen LogP contribution in [0.15, 0.2) is 23.2 Å². The van der Waals surface area contributed by atoms with Crippen LogP contribution in [-0.4, -0.2) is 42.6 Å². The van der Waals surface area contributed by atoms with Gasteiger partial charge in [0.2, 0.25) is 0 Å². The van der Waals surface area contributed by atoms with Gasteiger partial charge in [0.05, 0.1) is 12.3 Å². The maximum Gasteiger partial charge on any atom is 0.387 e. The van der Waals surface area contributed by atoms with Crippen LogP contribution in [0, 0.1) is 13.8 Å². The van der Waals surface area contributed by atoms with Gasteiger partial charge in [-0.2, -0.15) is 13.9 Å². The number of nitrogens with zero attached hydrogens (tertiary/aromatic N) is 3. The van der Waals surface area contributed by atoms with Gasteiger partial charge in [0.15, 0.2) is 17.5 Å². The molecule has 1 aromatic heterocycles. The Morgan fingerprint density at radius 3 is 2.57 bits per heavy atom. The Morgan fingerprint density at radius 1 is 1.27 bits per heavy atom. The van der Waals surface area contributed by atoms with Gasteiger partial charge in [-0.25, -0.2) is 0 Å². The molecule has 2 rings (SSSR count). The van der Waals surface area contributed by atoms with Crippen LogP contribution in [0.4, 0.5) is 8.78 Å². The van der Waals surface area contributed by atoms with Gasteiger partial charge < -0.3 is 20.1 Å². The number of para-hydroxylation sites is 1. The number of hydrogen-bond donors (Lipinski definition) is 2. The number of aryl methyl sites for hydroxylation is 2. The van der Waals surface area contributed by atoms with Gasteiger partial charge in [-0.05, 0) is 38.8 Å². The Bertz CT molecular complexity index is 843. The first-order chi connectivity index (χ1) is 13.9. The highest BCUT2D eigenvalue weighted by atomic mass is 127. The van der Waals surface area contributed by atoms with Crippen molar-refractivity contribution in [1.82, 2.24) is 20.4 Å². The molecule has 0 radical (unpaired) electrons. The number of rotatable bonds is 9. The van der Waals surface area contributed by atoms with Crippen molar-refractivity contribution < 1.29 is 18.3 Å². The average molecular weight is 537 g/mol. The lowest BCUT2D eigenvalue weighted by molar-refractivity contribution is -0.0520. The molecule has 0 aliphatic rings. The molecule has 2 N–H and O–H groups in total. The summed E-state index contributed by atoms with van der Waals surface area (Å²) in [6.07, 6.45) is 0.797. The quantitative estimate of drug-likeness (QED) is 0.291. The van der Waals surface area contributed by atoms with E-state index in [-0.39, 0.29) is 42.0 Å². The van der Waals surface area contributed by atoms with Gasteiger partial charge in [-0.3, -0.25) is 9.67 Å². The molecular formula is C20H30F2IN5O2. The van der Waals surface area contributed by atoms with Gasteiger partial charge in [0, 0.05) is 38.4 Å². The van der Waals surface area contributed by atoms with Crippen molar-refractivity contribution in [2.45, 2.75) is 40.3 Å². The standard InChI is InChI=1S/C20H29F2N5O2.HI/c1-6-28-17-9-7-8-15(18(17)29-19(21)22)12-25-20(23-4)24-11-10-16-13(2)26-27(5)14(16)3;/h7-9,19H,6,10-12H2,1-5H3,(H2,23,24,25);1H. The van der Waals surface area contributed by atoms with Gasteiger partial charge in [0.1, 0.15) is 0 Å². The lowest BCUT2D eigenvalue weighted by Gasteiger charge is -2.17. The first-order valence-electron chi connectivity index (χ1n) is 9.50. The lowest BCUT2D eigenvalue weighted by Crippen LogP contribution is -2.38. The maximum atomic E-state index is 12.8. The molecule has 0 aliphatic heterocycles. The lowest BCUT2D eigenvalue weighted by atomic mass is 10.1. The van der Waals surface area contributed by atoms with Crippen molar-refractivity contribution in [3.8, 4) is 11.5 Å². The van der Waals surface area contributed by atoms with E-state index in [9.17, 15) is 8.78 Å². The Kier molecular flexibility index (Phi) is 10.8. The summed E-state index contributed by atoms with van der Waals surface area (Å²) in [5, 5.41) is 10.8. The fraction of sp³-hybridized carbons (Fsp3) is 0.500. The Balaban J connectivity index is 0.00000450. The molecule has 0 unspecified atom stereocenters. The Morgan fingerprint density at radius 2 is 2.00 bits per heavy atom. The number of aliphatic imine (C=N–C) groups is 1. The maximum absolute atomic E-state index is 12.8. The highest BCUT2D eigenvalue weighted by Gasteiger charge is 2.16. The molecule has 0 amide bonds. The molecule has 0 fully saturated rings. The zero-order chi connectivity index (χ0) is 21.4. The second kappa shape index (κ2) is 12.6. The van der Waals surface area contributed by atoms with Crippen LogP contribution in [0.2, 0.25) is 0 Å². The molecule has 168 valence electrons. The minimum Gasteiger partial charge on any atom is -0.490 e. The SMILES string of the molecule is CCOc1cccc(CNC(=NC)NCCc2c(C)nn(C)c2C)c1OC(F)F.I. The van der Waals surface area contributed by atoms with Crippen molar-refractivity contribution in [3.63, 3.8) is 0 Å². The Labute approximate surface area is 193 Å². The molecule has 30 heavy (non-hydrogen) atoms. The fourth-order valence-corrected chi connectivity index (χ4v) is 3.08. The fourth-order valence-electron chi connectivity index (χ4n) is 3.08. The summed E-state index contributed by atoms with van der Waals surface area (Å²) in [5.41, 5.74) is 3.90. The van der Waals surface area contributed by atoms with Crippen LogP contribution in [-0.2, 0) is 20.0 Å². The first-order valence-corrected chi connectivity index (χ1v) is 9.50. The van der Waals surface area contributed by atoms with E-state index in [1.807, 2.05) is 25.6 Å². The number of alkyl halides is 2. The minimum absolute atomic E-state index is 0. The summed E-state index contributed by atoms with van der Waals surface area (Å²) in [7, 11) is 3.58. The molecule has 0 spiro atoms. The van der Waals surface area contributed by atoms with Crippen LogP contribution in [0.5, 0.6) is 11.5 Å². The van der Waals surface area contributed by atoms with Crippen molar-refractivity contribution >= 4 is 29.9 Å². The number of ether oxygens (including phenoxy) is 2. The average Bonchev–Trinajstić information content (AvgIpc) is 2.92. The highest BCUT2D eigenvalue weighted by Crippen LogP contribution is 2.32. The Hall–Kier alpha value is -2.11. The van der Waals surface area contributed by atoms with Crippen LogP contribution in [0.25, 0.3) is 0 Å². The van der Waals surface area contributed by atoms with Gasteiger partial charge >= 0.3 is 6.61 Å². The van der Waals surface area contributed by atoms with Crippen LogP contribution in [0.3, 0.4) is 0 Å². The summed E-state index contributed by atoms with van der Waals surface area (Å²) in [4.78, 5) is 4.19. The summed E-state index contributed by atoms with van der Waals surface area (Å²) >= 11 is 0. The third kappa shape index (κ3) is 6.99. The molecule has 1 aromatic carbocycles. The molecule has 0 bridgehead atoms. The molecule has 0 aliphatic carbocycles. The molecule has 2 aromatic rings. The monoisotopic (exact) mass is 537 g/mol. The van der Waals surface area contributed by atoms with E-state index in [0.717, 1.165) is 17.8 Å². The second-order valence-electron chi connectivity index (χ2n) is 6.43. The predicted octanol–water partition coefficient (Wildman–Crippen LogP) is 3.56. The number of aromatic nitrogens is 2. The third-order valence-electron chi connectivity index (χ3n) is 4.56. The molecular weight excluding hydrogens is 507 g/mol. The van der Waals surface area contributed by atoms with Gasteiger partial charge in [-0.1, -0.05) is 12.1 Å². The molecule has 7 nitrogen and oxygen atoms in total. The highest BCUT2D eigenvalue weighted by molar-refractivity contribution is 14.0. The summed E-state index contributed by atoms with van der Waals surface area (Å²) in [5.74, 6) is 0.889. The van der Waals surface area contributed by atoms with Crippen molar-refractivity contribution in [2.75, 3.05) is 20.2 Å². The van der Waals surface area contributed by atoms with Crippen molar-refractivity contribution in [1.29, 1.82) is 0 Å². The molecule has 10 heteroatoms. The number of nitrogens with one attached hydrogen (secondary N) is 2. The van der Waals surface area contributed by atoms with E-state index >= 15 is 0 Å². The van der Waals surface area contributed by atoms with Crippen molar-refractivity contribution in [3.05, 3.63) is 40.7 Å². The predicted molar refractivity (Wildman–Crippen MR) is 124 cm³/mol. The van der Waals surface area contributed by atoms with Crippen LogP contribution < -0.4 is 20.1 Å². The second-order valence-corrected chi connectivity index (χ2v) is 6.43. The number of benzene rings is 1. The first kappa shape index (κ1) is 25.9. The normalized spacial score (nSPS) is 11.3. The van der Waals surface area contributed by atoms with E-state index in [1.165, 1.54) is 5.56 Å². The van der Waals surface area contributed by atoms with E-state index in [2.05, 4.69) is 20.7 Å². The van der Waals surface area contributed by atoms with Gasteiger partial charge in [-0.15, -0.1) is 24.0 Å². The molecule has 0 saturated heterocycles. The number of halogens is 3.